The van der Waals surface area contributed by atoms with Crippen molar-refractivity contribution in [2.75, 3.05) is 45.8 Å². The van der Waals surface area contributed by atoms with Gasteiger partial charge in [0.2, 0.25) is 5.95 Å². The zero-order chi connectivity index (χ0) is 16.8. The molecule has 128 valence electrons. The summed E-state index contributed by atoms with van der Waals surface area (Å²) in [6.07, 6.45) is 6.10. The highest BCUT2D eigenvalue weighted by Gasteiger charge is 2.25. The van der Waals surface area contributed by atoms with Crippen molar-refractivity contribution in [3.8, 4) is 0 Å². The molecule has 1 unspecified atom stereocenters. The molecular weight excluding hydrogens is 292 g/mol. The molecule has 1 aliphatic rings. The Labute approximate surface area is 138 Å². The van der Waals surface area contributed by atoms with Crippen molar-refractivity contribution in [1.82, 2.24) is 14.9 Å². The minimum Gasteiger partial charge on any atom is -0.385 e. The van der Waals surface area contributed by atoms with Gasteiger partial charge < -0.3 is 14.5 Å². The highest BCUT2D eigenvalue weighted by Crippen LogP contribution is 2.23. The number of amides is 1. The summed E-state index contributed by atoms with van der Waals surface area (Å²) < 4.78 is 5.12. The molecule has 1 aromatic heterocycles. The quantitative estimate of drug-likeness (QED) is 0.752. The molecule has 0 radical (unpaired) electrons. The van der Waals surface area contributed by atoms with Gasteiger partial charge in [0.05, 0.1) is 11.3 Å². The van der Waals surface area contributed by atoms with Crippen LogP contribution in [0, 0.1) is 12.8 Å². The van der Waals surface area contributed by atoms with Gasteiger partial charge in [0.25, 0.3) is 5.91 Å². The lowest BCUT2D eigenvalue weighted by molar-refractivity contribution is 0.0659. The molecule has 0 aliphatic carbocycles. The van der Waals surface area contributed by atoms with E-state index in [2.05, 4.69) is 9.97 Å². The molecule has 0 spiro atoms. The second-order valence-electron chi connectivity index (χ2n) is 6.46. The molecule has 6 nitrogen and oxygen atoms in total. The van der Waals surface area contributed by atoms with Crippen LogP contribution in [-0.4, -0.2) is 61.7 Å². The molecule has 1 aromatic rings. The standard InChI is InChI=1S/C17H28N4O2/c1-13-15(11-18-17(19-13)20(2)3)16(22)21-9-5-7-14(12-21)8-6-10-23-4/h11,14H,5-10,12H2,1-4H3. The Morgan fingerprint density at radius 2 is 2.26 bits per heavy atom. The van der Waals surface area contributed by atoms with Crippen LogP contribution < -0.4 is 4.90 Å². The lowest BCUT2D eigenvalue weighted by Gasteiger charge is -2.33. The molecule has 1 aliphatic heterocycles. The van der Waals surface area contributed by atoms with Crippen LogP contribution in [-0.2, 0) is 4.74 Å². The zero-order valence-corrected chi connectivity index (χ0v) is 14.7. The third-order valence-electron chi connectivity index (χ3n) is 4.36. The van der Waals surface area contributed by atoms with Crippen molar-refractivity contribution >= 4 is 11.9 Å². The third-order valence-corrected chi connectivity index (χ3v) is 4.36. The summed E-state index contributed by atoms with van der Waals surface area (Å²) in [6, 6.07) is 0. The van der Waals surface area contributed by atoms with Gasteiger partial charge in [-0.05, 0) is 38.5 Å². The van der Waals surface area contributed by atoms with Gasteiger partial charge in [-0.1, -0.05) is 0 Å². The number of rotatable bonds is 6. The Bertz CT molecular complexity index is 533. The first-order chi connectivity index (χ1) is 11.0. The average Bonchev–Trinajstić information content (AvgIpc) is 2.54. The van der Waals surface area contributed by atoms with Crippen LogP contribution in [0.3, 0.4) is 0 Å². The average molecular weight is 320 g/mol. The van der Waals surface area contributed by atoms with E-state index in [4.69, 9.17) is 4.74 Å². The molecule has 2 heterocycles. The lowest BCUT2D eigenvalue weighted by Crippen LogP contribution is -2.40. The van der Waals surface area contributed by atoms with Crippen molar-refractivity contribution in [1.29, 1.82) is 0 Å². The molecule has 0 saturated carbocycles. The van der Waals surface area contributed by atoms with Gasteiger partial charge in [0, 0.05) is 47.1 Å². The van der Waals surface area contributed by atoms with Crippen molar-refractivity contribution in [2.45, 2.75) is 32.6 Å². The second kappa shape index (κ2) is 8.24. The number of aromatic nitrogens is 2. The Balaban J connectivity index is 2.02. The minimum absolute atomic E-state index is 0.0595. The Hall–Kier alpha value is -1.69. The van der Waals surface area contributed by atoms with Crippen LogP contribution in [0.5, 0.6) is 0 Å². The molecule has 0 aromatic carbocycles. The monoisotopic (exact) mass is 320 g/mol. The molecule has 0 N–H and O–H groups in total. The first-order valence-electron chi connectivity index (χ1n) is 8.32. The van der Waals surface area contributed by atoms with E-state index in [1.165, 1.54) is 6.42 Å². The van der Waals surface area contributed by atoms with Gasteiger partial charge in [-0.15, -0.1) is 0 Å². The van der Waals surface area contributed by atoms with E-state index in [-0.39, 0.29) is 5.91 Å². The number of piperidine rings is 1. The molecule has 1 fully saturated rings. The third kappa shape index (κ3) is 4.64. The fraction of sp³-hybridized carbons (Fsp3) is 0.706. The fourth-order valence-corrected chi connectivity index (χ4v) is 3.05. The molecule has 1 atom stereocenters. The molecule has 23 heavy (non-hydrogen) atoms. The largest absolute Gasteiger partial charge is 0.385 e. The van der Waals surface area contributed by atoms with Crippen molar-refractivity contribution < 1.29 is 9.53 Å². The first kappa shape index (κ1) is 17.7. The van der Waals surface area contributed by atoms with Crippen LogP contribution in [0.1, 0.15) is 41.7 Å². The number of aryl methyl sites for hydroxylation is 1. The van der Waals surface area contributed by atoms with E-state index in [1.54, 1.807) is 13.3 Å². The summed E-state index contributed by atoms with van der Waals surface area (Å²) in [6.45, 7) is 4.33. The summed E-state index contributed by atoms with van der Waals surface area (Å²) >= 11 is 0. The van der Waals surface area contributed by atoms with Gasteiger partial charge in [0.1, 0.15) is 0 Å². The number of likely N-dealkylation sites (tertiary alicyclic amines) is 1. The van der Waals surface area contributed by atoms with Gasteiger partial charge in [-0.25, -0.2) is 9.97 Å². The fourth-order valence-electron chi connectivity index (χ4n) is 3.05. The maximum absolute atomic E-state index is 12.8. The van der Waals surface area contributed by atoms with E-state index >= 15 is 0 Å². The van der Waals surface area contributed by atoms with Gasteiger partial charge in [0.15, 0.2) is 0 Å². The van der Waals surface area contributed by atoms with Crippen molar-refractivity contribution in [2.24, 2.45) is 5.92 Å². The number of hydrogen-bond acceptors (Lipinski definition) is 5. The van der Waals surface area contributed by atoms with Crippen molar-refractivity contribution in [3.63, 3.8) is 0 Å². The number of hydrogen-bond donors (Lipinski definition) is 0. The van der Waals surface area contributed by atoms with E-state index in [9.17, 15) is 4.79 Å². The number of carbonyl (C=O) groups excluding carboxylic acids is 1. The number of methoxy groups -OCH3 is 1. The molecule has 6 heteroatoms. The number of anilines is 1. The maximum Gasteiger partial charge on any atom is 0.257 e. The van der Waals surface area contributed by atoms with Crippen molar-refractivity contribution in [3.05, 3.63) is 17.5 Å². The Morgan fingerprint density at radius 3 is 2.91 bits per heavy atom. The van der Waals surface area contributed by atoms with Gasteiger partial charge in [-0.2, -0.15) is 0 Å². The SMILES string of the molecule is COCCCC1CCCN(C(=O)c2cnc(N(C)C)nc2C)C1. The first-order valence-corrected chi connectivity index (χ1v) is 8.32. The highest BCUT2D eigenvalue weighted by molar-refractivity contribution is 5.95. The second-order valence-corrected chi connectivity index (χ2v) is 6.46. The summed E-state index contributed by atoms with van der Waals surface area (Å²) in [5, 5.41) is 0. The van der Waals surface area contributed by atoms with E-state index in [1.807, 2.05) is 30.8 Å². The topological polar surface area (TPSA) is 58.6 Å². The summed E-state index contributed by atoms with van der Waals surface area (Å²) in [5.41, 5.74) is 1.36. The lowest BCUT2D eigenvalue weighted by atomic mass is 9.93. The van der Waals surface area contributed by atoms with Gasteiger partial charge in [-0.3, -0.25) is 4.79 Å². The molecule has 2 rings (SSSR count). The highest BCUT2D eigenvalue weighted by atomic mass is 16.5. The Morgan fingerprint density at radius 1 is 1.48 bits per heavy atom. The number of ether oxygens (including phenoxy) is 1. The Kier molecular flexibility index (Phi) is 6.33. The predicted molar refractivity (Wildman–Crippen MR) is 90.8 cm³/mol. The summed E-state index contributed by atoms with van der Waals surface area (Å²) in [5.74, 6) is 1.27. The van der Waals surface area contributed by atoms with E-state index in [0.717, 1.165) is 44.7 Å². The van der Waals surface area contributed by atoms with Crippen LogP contribution in [0.15, 0.2) is 6.20 Å². The normalized spacial score (nSPS) is 18.1. The zero-order valence-electron chi connectivity index (χ0n) is 14.7. The van der Waals surface area contributed by atoms with E-state index < -0.39 is 0 Å². The van der Waals surface area contributed by atoms with E-state index in [0.29, 0.717) is 17.4 Å². The van der Waals surface area contributed by atoms with Crippen LogP contribution in [0.25, 0.3) is 0 Å². The summed E-state index contributed by atoms with van der Waals surface area (Å²) in [4.78, 5) is 25.3. The minimum atomic E-state index is 0.0595. The number of nitrogens with zero attached hydrogens (tertiary/aromatic N) is 4. The number of carbonyl (C=O) groups is 1. The molecule has 1 saturated heterocycles. The van der Waals surface area contributed by atoms with Crippen LogP contribution in [0.2, 0.25) is 0 Å². The van der Waals surface area contributed by atoms with Crippen LogP contribution in [0.4, 0.5) is 5.95 Å². The molecule has 1 amide bonds. The predicted octanol–water partition coefficient (Wildman–Crippen LogP) is 2.13. The molecular formula is C17H28N4O2. The smallest absolute Gasteiger partial charge is 0.257 e. The summed E-state index contributed by atoms with van der Waals surface area (Å²) in [7, 11) is 5.52. The van der Waals surface area contributed by atoms with Crippen LogP contribution >= 0.6 is 0 Å². The maximum atomic E-state index is 12.8. The van der Waals surface area contributed by atoms with Gasteiger partial charge >= 0.3 is 0 Å². The molecule has 0 bridgehead atoms.